The van der Waals surface area contributed by atoms with Gasteiger partial charge in [-0.3, -0.25) is 4.79 Å². The van der Waals surface area contributed by atoms with Crippen molar-refractivity contribution in [3.05, 3.63) is 35.7 Å². The number of ether oxygens (including phenoxy) is 2. The van der Waals surface area contributed by atoms with Crippen LogP contribution in [0.5, 0.6) is 5.75 Å². The van der Waals surface area contributed by atoms with E-state index in [-0.39, 0.29) is 36.1 Å². The average molecular weight is 505 g/mol. The van der Waals surface area contributed by atoms with Gasteiger partial charge in [-0.25, -0.2) is 13.6 Å². The van der Waals surface area contributed by atoms with E-state index in [0.29, 0.717) is 51.9 Å². The number of allylic oxidation sites excluding steroid dienone is 2. The van der Waals surface area contributed by atoms with Crippen LogP contribution in [-0.4, -0.2) is 66.4 Å². The van der Waals surface area contributed by atoms with Gasteiger partial charge in [-0.15, -0.1) is 0 Å². The molecule has 2 amide bonds. The smallest absolute Gasteiger partial charge is 0.410 e. The Bertz CT molecular complexity index is 982. The molecule has 0 spiro atoms. The van der Waals surface area contributed by atoms with E-state index >= 15 is 0 Å². The summed E-state index contributed by atoms with van der Waals surface area (Å²) in [5.41, 5.74) is 1.33. The van der Waals surface area contributed by atoms with Crippen LogP contribution in [0.15, 0.2) is 24.3 Å². The minimum absolute atomic E-state index is 0.0392. The summed E-state index contributed by atoms with van der Waals surface area (Å²) in [5, 5.41) is 0. The van der Waals surface area contributed by atoms with Crippen molar-refractivity contribution in [1.82, 2.24) is 9.80 Å². The lowest BCUT2D eigenvalue weighted by Crippen LogP contribution is -2.42. The highest BCUT2D eigenvalue weighted by Crippen LogP contribution is 2.34. The van der Waals surface area contributed by atoms with Crippen molar-refractivity contribution < 1.29 is 27.8 Å². The monoisotopic (exact) mass is 504 g/mol. The van der Waals surface area contributed by atoms with Crippen molar-refractivity contribution in [3.8, 4) is 5.75 Å². The first-order valence-electron chi connectivity index (χ1n) is 13.1. The predicted octanol–water partition coefficient (Wildman–Crippen LogP) is 5.61. The maximum absolute atomic E-state index is 14.8. The molecule has 1 aliphatic carbocycles. The lowest BCUT2D eigenvalue weighted by molar-refractivity contribution is -0.134. The second-order valence-corrected chi connectivity index (χ2v) is 11.2. The average Bonchev–Trinajstić information content (AvgIpc) is 3.28. The molecular formula is C28H38F2N2O4. The zero-order valence-electron chi connectivity index (χ0n) is 21.6. The molecule has 2 heterocycles. The zero-order valence-corrected chi connectivity index (χ0v) is 21.6. The maximum atomic E-state index is 14.8. The first-order chi connectivity index (χ1) is 17.1. The fraction of sp³-hybridized carbons (Fsp3) is 0.643. The number of likely N-dealkylation sites (tertiary alicyclic amines) is 2. The standard InChI is InChI=1S/C28H38F2N2O4/c1-28(2,3)36-27(34)31-13-10-19(11-14-31)18-35-25-9-8-22(16-24(25)30)20-4-6-21(7-5-20)26(33)32-15-12-23(29)17-32/h4,8-9,16,19,21,23H,5-7,10-15,17-18H2,1-3H3/t21?,23-/m0/s1. The Morgan fingerprint density at radius 3 is 2.36 bits per heavy atom. The molecule has 198 valence electrons. The Kier molecular flexibility index (Phi) is 8.20. The van der Waals surface area contributed by atoms with Gasteiger partial charge in [0.05, 0.1) is 13.2 Å². The fourth-order valence-electron chi connectivity index (χ4n) is 5.13. The number of amides is 2. The fourth-order valence-corrected chi connectivity index (χ4v) is 5.13. The van der Waals surface area contributed by atoms with E-state index in [0.717, 1.165) is 24.0 Å². The van der Waals surface area contributed by atoms with Gasteiger partial charge in [0.25, 0.3) is 0 Å². The molecule has 3 aliphatic rings. The summed E-state index contributed by atoms with van der Waals surface area (Å²) in [6.07, 6.45) is 4.81. The maximum Gasteiger partial charge on any atom is 0.410 e. The number of carbonyl (C=O) groups excluding carboxylic acids is 2. The van der Waals surface area contributed by atoms with E-state index in [1.165, 1.54) is 6.07 Å². The predicted molar refractivity (Wildman–Crippen MR) is 134 cm³/mol. The molecule has 2 saturated heterocycles. The number of halogens is 2. The number of nitrogens with zero attached hydrogens (tertiary/aromatic N) is 2. The van der Waals surface area contributed by atoms with Gasteiger partial charge in [0.1, 0.15) is 11.8 Å². The van der Waals surface area contributed by atoms with Gasteiger partial charge in [-0.05, 0) is 88.5 Å². The van der Waals surface area contributed by atoms with E-state index < -0.39 is 17.6 Å². The highest BCUT2D eigenvalue weighted by Gasteiger charge is 2.32. The Morgan fingerprint density at radius 1 is 1.06 bits per heavy atom. The van der Waals surface area contributed by atoms with Crippen LogP contribution in [0, 0.1) is 17.7 Å². The number of alkyl halides is 1. The third-order valence-corrected chi connectivity index (χ3v) is 7.25. The molecule has 36 heavy (non-hydrogen) atoms. The number of hydrogen-bond donors (Lipinski definition) is 0. The van der Waals surface area contributed by atoms with Gasteiger partial charge in [-0.1, -0.05) is 12.1 Å². The minimum atomic E-state index is -0.905. The number of rotatable bonds is 5. The Labute approximate surface area is 212 Å². The molecule has 1 unspecified atom stereocenters. The Hall–Kier alpha value is -2.64. The molecule has 0 saturated carbocycles. The quantitative estimate of drug-likeness (QED) is 0.523. The van der Waals surface area contributed by atoms with Crippen LogP contribution in [0.3, 0.4) is 0 Å². The summed E-state index contributed by atoms with van der Waals surface area (Å²) in [4.78, 5) is 28.2. The molecule has 8 heteroatoms. The summed E-state index contributed by atoms with van der Waals surface area (Å²) >= 11 is 0. The van der Waals surface area contributed by atoms with Gasteiger partial charge >= 0.3 is 6.09 Å². The molecule has 0 bridgehead atoms. The topological polar surface area (TPSA) is 59.1 Å². The summed E-state index contributed by atoms with van der Waals surface area (Å²) < 4.78 is 39.5. The molecule has 6 nitrogen and oxygen atoms in total. The number of hydrogen-bond acceptors (Lipinski definition) is 4. The lowest BCUT2D eigenvalue weighted by atomic mass is 9.86. The van der Waals surface area contributed by atoms with E-state index in [1.54, 1.807) is 15.9 Å². The third kappa shape index (κ3) is 6.77. The van der Waals surface area contributed by atoms with Gasteiger partial charge in [0.15, 0.2) is 11.6 Å². The van der Waals surface area contributed by atoms with E-state index in [9.17, 15) is 18.4 Å². The Balaban J connectivity index is 1.25. The molecule has 0 N–H and O–H groups in total. The van der Waals surface area contributed by atoms with Crippen LogP contribution in [0.4, 0.5) is 13.6 Å². The normalized spacial score (nSPS) is 23.4. The van der Waals surface area contributed by atoms with Crippen molar-refractivity contribution in [2.75, 3.05) is 32.8 Å². The van der Waals surface area contributed by atoms with Gasteiger partial charge in [-0.2, -0.15) is 0 Å². The summed E-state index contributed by atoms with van der Waals surface area (Å²) in [6.45, 7) is 7.89. The van der Waals surface area contributed by atoms with E-state index in [4.69, 9.17) is 9.47 Å². The van der Waals surface area contributed by atoms with Crippen LogP contribution >= 0.6 is 0 Å². The van der Waals surface area contributed by atoms with E-state index in [1.807, 2.05) is 32.9 Å². The second kappa shape index (κ2) is 11.2. The van der Waals surface area contributed by atoms with Crippen LogP contribution in [0.2, 0.25) is 0 Å². The molecule has 2 atom stereocenters. The molecule has 2 aliphatic heterocycles. The second-order valence-electron chi connectivity index (χ2n) is 11.2. The van der Waals surface area contributed by atoms with Crippen molar-refractivity contribution in [3.63, 3.8) is 0 Å². The van der Waals surface area contributed by atoms with Crippen molar-refractivity contribution in [2.45, 2.75) is 71.1 Å². The largest absolute Gasteiger partial charge is 0.490 e. The molecule has 1 aromatic rings. The molecule has 1 aromatic carbocycles. The van der Waals surface area contributed by atoms with Gasteiger partial charge in [0.2, 0.25) is 5.91 Å². The SMILES string of the molecule is CC(C)(C)OC(=O)N1CCC(COc2ccc(C3=CCC(C(=O)N4CC[C@H](F)C4)CC3)cc2F)CC1. The summed E-state index contributed by atoms with van der Waals surface area (Å²) in [5.74, 6) is 0.00329. The minimum Gasteiger partial charge on any atom is -0.490 e. The van der Waals surface area contributed by atoms with Crippen molar-refractivity contribution in [1.29, 1.82) is 0 Å². The number of benzene rings is 1. The highest BCUT2D eigenvalue weighted by atomic mass is 19.1. The molecule has 2 fully saturated rings. The van der Waals surface area contributed by atoms with Crippen molar-refractivity contribution >= 4 is 17.6 Å². The zero-order chi connectivity index (χ0) is 25.9. The first-order valence-corrected chi connectivity index (χ1v) is 13.1. The van der Waals surface area contributed by atoms with Crippen LogP contribution in [-0.2, 0) is 9.53 Å². The Morgan fingerprint density at radius 2 is 1.78 bits per heavy atom. The first kappa shape index (κ1) is 26.4. The highest BCUT2D eigenvalue weighted by molar-refractivity contribution is 5.81. The molecule has 4 rings (SSSR count). The molecule has 0 radical (unpaired) electrons. The molecular weight excluding hydrogens is 466 g/mol. The van der Waals surface area contributed by atoms with Crippen LogP contribution in [0.25, 0.3) is 5.57 Å². The third-order valence-electron chi connectivity index (χ3n) is 7.25. The van der Waals surface area contributed by atoms with Crippen LogP contribution < -0.4 is 4.74 Å². The summed E-state index contributed by atoms with van der Waals surface area (Å²) in [7, 11) is 0. The van der Waals surface area contributed by atoms with Gasteiger partial charge < -0.3 is 19.3 Å². The van der Waals surface area contributed by atoms with Crippen molar-refractivity contribution in [2.24, 2.45) is 11.8 Å². The lowest BCUT2D eigenvalue weighted by Gasteiger charge is -2.33. The van der Waals surface area contributed by atoms with Crippen LogP contribution in [0.1, 0.15) is 64.9 Å². The number of carbonyl (C=O) groups is 2. The molecule has 0 aromatic heterocycles. The number of piperidine rings is 1. The summed E-state index contributed by atoms with van der Waals surface area (Å²) in [6, 6.07) is 5.04. The van der Waals surface area contributed by atoms with E-state index in [2.05, 4.69) is 0 Å². The van der Waals surface area contributed by atoms with Gasteiger partial charge in [0, 0.05) is 25.6 Å².